The molecule has 1 amide bonds. The van der Waals surface area contributed by atoms with Crippen LogP contribution in [0, 0.1) is 6.92 Å². The van der Waals surface area contributed by atoms with Crippen molar-refractivity contribution in [1.29, 1.82) is 0 Å². The van der Waals surface area contributed by atoms with Gasteiger partial charge in [0.1, 0.15) is 17.2 Å². The molecular formula is C27H24N2O4S. The summed E-state index contributed by atoms with van der Waals surface area (Å²) in [5.74, 6) is 1.80. The number of rotatable bonds is 9. The summed E-state index contributed by atoms with van der Waals surface area (Å²) in [6.07, 6.45) is 0.192. The van der Waals surface area contributed by atoms with Gasteiger partial charge in [0.25, 0.3) is 0 Å². The van der Waals surface area contributed by atoms with Crippen LogP contribution in [-0.2, 0) is 4.79 Å². The van der Waals surface area contributed by atoms with Crippen LogP contribution in [0.1, 0.15) is 28.1 Å². The summed E-state index contributed by atoms with van der Waals surface area (Å²) in [6, 6.07) is 24.0. The fraction of sp³-hybridized carbons (Fsp3) is 0.148. The van der Waals surface area contributed by atoms with Gasteiger partial charge in [-0.25, -0.2) is 4.98 Å². The highest BCUT2D eigenvalue weighted by molar-refractivity contribution is 7.16. The van der Waals surface area contributed by atoms with E-state index in [2.05, 4.69) is 10.3 Å². The zero-order chi connectivity index (χ0) is 23.9. The molecule has 0 bridgehead atoms. The van der Waals surface area contributed by atoms with Crippen molar-refractivity contribution in [2.45, 2.75) is 19.8 Å². The number of para-hydroxylation sites is 1. The van der Waals surface area contributed by atoms with E-state index in [9.17, 15) is 9.59 Å². The summed E-state index contributed by atoms with van der Waals surface area (Å²) in [6.45, 7) is 1.96. The smallest absolute Gasteiger partial charge is 0.226 e. The molecule has 0 aliphatic heterocycles. The number of ketones is 1. The second-order valence-corrected chi connectivity index (χ2v) is 8.77. The molecule has 0 unspecified atom stereocenters. The molecule has 7 heteroatoms. The molecule has 1 heterocycles. The number of methoxy groups -OCH3 is 1. The average Bonchev–Trinajstić information content (AvgIpc) is 3.23. The van der Waals surface area contributed by atoms with Crippen LogP contribution in [0.3, 0.4) is 0 Å². The number of benzene rings is 3. The molecule has 4 aromatic rings. The Morgan fingerprint density at radius 2 is 1.50 bits per heavy atom. The monoisotopic (exact) mass is 472 g/mol. The fourth-order valence-electron chi connectivity index (χ4n) is 3.35. The number of nitrogens with one attached hydrogen (secondary N) is 1. The summed E-state index contributed by atoms with van der Waals surface area (Å²) in [4.78, 5) is 30.5. The van der Waals surface area contributed by atoms with Gasteiger partial charge < -0.3 is 14.8 Å². The predicted molar refractivity (Wildman–Crippen MR) is 134 cm³/mol. The number of hydrogen-bond donors (Lipinski definition) is 1. The molecule has 0 atom stereocenters. The molecule has 172 valence electrons. The van der Waals surface area contributed by atoms with Gasteiger partial charge >= 0.3 is 0 Å². The van der Waals surface area contributed by atoms with Gasteiger partial charge in [0.05, 0.1) is 12.8 Å². The maximum Gasteiger partial charge on any atom is 0.226 e. The van der Waals surface area contributed by atoms with Gasteiger partial charge in [-0.15, -0.1) is 11.3 Å². The van der Waals surface area contributed by atoms with Crippen LogP contribution in [0.5, 0.6) is 17.2 Å². The lowest BCUT2D eigenvalue weighted by atomic mass is 10.1. The number of anilines is 1. The van der Waals surface area contributed by atoms with Gasteiger partial charge in [0.2, 0.25) is 5.91 Å². The van der Waals surface area contributed by atoms with Crippen LogP contribution in [-0.4, -0.2) is 23.8 Å². The number of ether oxygens (including phenoxy) is 2. The van der Waals surface area contributed by atoms with Crippen LogP contribution in [0.4, 0.5) is 5.13 Å². The summed E-state index contributed by atoms with van der Waals surface area (Å²) in [5, 5.41) is 3.33. The fourth-order valence-corrected chi connectivity index (χ4v) is 4.21. The summed E-state index contributed by atoms with van der Waals surface area (Å²) >= 11 is 1.41. The number of thiazole rings is 1. The molecule has 4 rings (SSSR count). The molecule has 3 aromatic carbocycles. The van der Waals surface area contributed by atoms with E-state index >= 15 is 0 Å². The van der Waals surface area contributed by atoms with Crippen molar-refractivity contribution in [3.8, 4) is 28.5 Å². The first-order chi connectivity index (χ1) is 16.5. The summed E-state index contributed by atoms with van der Waals surface area (Å²) in [5.41, 5.74) is 2.31. The maximum atomic E-state index is 12.5. The van der Waals surface area contributed by atoms with Crippen LogP contribution in [0.15, 0.2) is 78.9 Å². The quantitative estimate of drug-likeness (QED) is 0.281. The van der Waals surface area contributed by atoms with E-state index in [1.54, 1.807) is 31.4 Å². The Hall–Kier alpha value is -3.97. The minimum Gasteiger partial charge on any atom is -0.497 e. The van der Waals surface area contributed by atoms with Crippen molar-refractivity contribution in [3.05, 3.63) is 89.3 Å². The molecule has 6 nitrogen and oxygen atoms in total. The molecule has 0 spiro atoms. The second kappa shape index (κ2) is 10.8. The first-order valence-corrected chi connectivity index (χ1v) is 11.6. The van der Waals surface area contributed by atoms with E-state index in [-0.39, 0.29) is 24.5 Å². The van der Waals surface area contributed by atoms with E-state index in [4.69, 9.17) is 9.47 Å². The van der Waals surface area contributed by atoms with Crippen molar-refractivity contribution in [2.24, 2.45) is 0 Å². The van der Waals surface area contributed by atoms with E-state index in [0.29, 0.717) is 16.4 Å². The van der Waals surface area contributed by atoms with Gasteiger partial charge in [-0.05, 0) is 67.6 Å². The number of aromatic nitrogens is 1. The Kier molecular flexibility index (Phi) is 7.34. The second-order valence-electron chi connectivity index (χ2n) is 7.56. The Morgan fingerprint density at radius 3 is 2.18 bits per heavy atom. The number of hydrogen-bond acceptors (Lipinski definition) is 6. The molecule has 0 radical (unpaired) electrons. The van der Waals surface area contributed by atoms with Crippen molar-refractivity contribution < 1.29 is 19.1 Å². The van der Waals surface area contributed by atoms with Crippen LogP contribution in [0.25, 0.3) is 11.3 Å². The maximum absolute atomic E-state index is 12.5. The van der Waals surface area contributed by atoms with Gasteiger partial charge in [0.15, 0.2) is 10.9 Å². The van der Waals surface area contributed by atoms with Crippen molar-refractivity contribution in [1.82, 2.24) is 4.98 Å². The Bertz CT molecular complexity index is 1270. The van der Waals surface area contributed by atoms with E-state index in [1.165, 1.54) is 11.3 Å². The molecule has 1 aromatic heterocycles. The van der Waals surface area contributed by atoms with E-state index in [1.807, 2.05) is 61.5 Å². The average molecular weight is 473 g/mol. The molecule has 0 fully saturated rings. The number of amides is 1. The van der Waals surface area contributed by atoms with Gasteiger partial charge in [0, 0.05) is 28.8 Å². The normalized spacial score (nSPS) is 10.5. The molecule has 34 heavy (non-hydrogen) atoms. The Morgan fingerprint density at radius 1 is 0.853 bits per heavy atom. The van der Waals surface area contributed by atoms with Crippen LogP contribution >= 0.6 is 11.3 Å². The van der Waals surface area contributed by atoms with E-state index in [0.717, 1.165) is 27.6 Å². The van der Waals surface area contributed by atoms with Crippen molar-refractivity contribution in [3.63, 3.8) is 0 Å². The lowest BCUT2D eigenvalue weighted by Crippen LogP contribution is -2.13. The molecule has 0 saturated carbocycles. The SMILES string of the molecule is COc1ccc(-c2nc(NC(=O)CCC(=O)c3ccc(Oc4ccccc4)cc3)sc2C)cc1. The summed E-state index contributed by atoms with van der Waals surface area (Å²) < 4.78 is 10.9. The number of Topliss-reactive ketones (excluding diaryl/α,β-unsaturated/α-hetero) is 1. The highest BCUT2D eigenvalue weighted by Gasteiger charge is 2.14. The third-order valence-corrected chi connectivity index (χ3v) is 6.03. The highest BCUT2D eigenvalue weighted by Crippen LogP contribution is 2.31. The van der Waals surface area contributed by atoms with Crippen LogP contribution < -0.4 is 14.8 Å². The topological polar surface area (TPSA) is 77.5 Å². The molecule has 0 aliphatic carbocycles. The number of carbonyl (C=O) groups excluding carboxylic acids is 2. The molecule has 1 N–H and O–H groups in total. The zero-order valence-corrected chi connectivity index (χ0v) is 19.7. The first-order valence-electron chi connectivity index (χ1n) is 10.8. The zero-order valence-electron chi connectivity index (χ0n) is 18.9. The van der Waals surface area contributed by atoms with Gasteiger partial charge in [-0.3, -0.25) is 9.59 Å². The lowest BCUT2D eigenvalue weighted by molar-refractivity contribution is -0.116. The standard InChI is InChI=1S/C27H24N2O4S/c1-18-26(20-10-12-21(32-2)13-11-20)29-27(34-18)28-25(31)17-16-24(30)19-8-14-23(15-9-19)33-22-6-4-3-5-7-22/h3-15H,16-17H2,1-2H3,(H,28,29,31). The largest absolute Gasteiger partial charge is 0.497 e. The predicted octanol–water partition coefficient (Wildman–Crippen LogP) is 6.52. The van der Waals surface area contributed by atoms with Crippen molar-refractivity contribution in [2.75, 3.05) is 12.4 Å². The molecular weight excluding hydrogens is 448 g/mol. The third-order valence-electron chi connectivity index (χ3n) is 5.14. The lowest BCUT2D eigenvalue weighted by Gasteiger charge is -2.06. The highest BCUT2D eigenvalue weighted by atomic mass is 32.1. The first kappa shape index (κ1) is 23.2. The van der Waals surface area contributed by atoms with Crippen molar-refractivity contribution >= 4 is 28.2 Å². The van der Waals surface area contributed by atoms with Gasteiger partial charge in [-0.2, -0.15) is 0 Å². The number of nitrogens with zero attached hydrogens (tertiary/aromatic N) is 1. The minimum atomic E-state index is -0.243. The third kappa shape index (κ3) is 5.88. The minimum absolute atomic E-state index is 0.0809. The molecule has 0 aliphatic rings. The number of aryl methyl sites for hydroxylation is 1. The van der Waals surface area contributed by atoms with Crippen LogP contribution in [0.2, 0.25) is 0 Å². The summed E-state index contributed by atoms with van der Waals surface area (Å²) in [7, 11) is 1.62. The Labute approximate surface area is 202 Å². The Balaban J connectivity index is 1.30. The van der Waals surface area contributed by atoms with E-state index < -0.39 is 0 Å². The number of carbonyl (C=O) groups is 2. The molecule has 0 saturated heterocycles. The van der Waals surface area contributed by atoms with Gasteiger partial charge in [-0.1, -0.05) is 18.2 Å².